The minimum absolute atomic E-state index is 0. The molecule has 4 aromatic carbocycles. The average molecular weight is 831 g/mol. The molecule has 0 heterocycles. The van der Waals surface area contributed by atoms with Crippen LogP contribution in [0.4, 0.5) is 22.7 Å². The molecule has 0 spiro atoms. The minimum atomic E-state index is -4.05. The van der Waals surface area contributed by atoms with Crippen LogP contribution in [-0.4, -0.2) is 28.4 Å². The second kappa shape index (κ2) is 21.1. The molecule has 0 atom stereocenters. The first-order valence-corrected chi connectivity index (χ1v) is 17.5. The molecule has 22 heteroatoms. The number of nitrogens with two attached hydrogens (primary N) is 2. The molecular weight excluding hydrogens is 802 g/mol. The predicted molar refractivity (Wildman–Crippen MR) is 179 cm³/mol. The van der Waals surface area contributed by atoms with Gasteiger partial charge >= 0.3 is 46.3 Å². The van der Waals surface area contributed by atoms with Crippen LogP contribution in [0.5, 0.6) is 11.5 Å². The van der Waals surface area contributed by atoms with E-state index in [-0.39, 0.29) is 67.5 Å². The number of azo groups is 2. The molecule has 4 rings (SSSR count). The van der Waals surface area contributed by atoms with Crippen LogP contribution in [0.3, 0.4) is 0 Å². The Morgan fingerprint density at radius 2 is 0.907 bits per heavy atom. The van der Waals surface area contributed by atoms with Gasteiger partial charge in [-0.3, -0.25) is 9.59 Å². The SMILES string of the molecule is CC(=O)/C(N=Nc1cc(S(N)(=O)=O)ccc1[O-])=C(/[O-])Nc1ccccc1.CC(=O)/C(N=Nc1cc(S(N)(=O)=O)ccc1[O-])=C(/[O-])Nc1ccccc1.[Co+3].[Na+]. The summed E-state index contributed by atoms with van der Waals surface area (Å²) in [6.45, 7) is 2.22. The molecule has 0 saturated heterocycles. The summed E-state index contributed by atoms with van der Waals surface area (Å²) in [7, 11) is -8.10. The largest absolute Gasteiger partial charge is 3.00 e. The van der Waals surface area contributed by atoms with Crippen molar-refractivity contribution in [2.75, 3.05) is 10.6 Å². The third-order valence-corrected chi connectivity index (χ3v) is 8.02. The quantitative estimate of drug-likeness (QED) is 0.0546. The van der Waals surface area contributed by atoms with Crippen LogP contribution in [0.1, 0.15) is 13.8 Å². The van der Waals surface area contributed by atoms with E-state index >= 15 is 0 Å². The Kier molecular flexibility index (Phi) is 18.3. The summed E-state index contributed by atoms with van der Waals surface area (Å²) < 4.78 is 45.3. The average Bonchev–Trinajstić information content (AvgIpc) is 3.06. The number of sulfonamides is 2. The number of rotatable bonds is 12. The van der Waals surface area contributed by atoms with Crippen molar-refractivity contribution >= 4 is 54.4 Å². The number of carbonyl (C=O) groups is 2. The molecule has 0 aliphatic carbocycles. The zero-order valence-corrected chi connectivity index (χ0v) is 33.1. The summed E-state index contributed by atoms with van der Waals surface area (Å²) in [6.07, 6.45) is 0. The Morgan fingerprint density at radius 3 is 1.19 bits per heavy atom. The molecule has 0 unspecified atom stereocenters. The van der Waals surface area contributed by atoms with E-state index in [0.717, 1.165) is 50.2 Å². The van der Waals surface area contributed by atoms with E-state index in [1.165, 1.54) is 0 Å². The maximum absolute atomic E-state index is 12.2. The summed E-state index contributed by atoms with van der Waals surface area (Å²) in [5.41, 5.74) is -0.964. The minimum Gasteiger partial charge on any atom is -0.871 e. The molecular formula is C32H28CoN8NaO10S2. The second-order valence-corrected chi connectivity index (χ2v) is 13.3. The van der Waals surface area contributed by atoms with Crippen molar-refractivity contribution in [1.29, 1.82) is 0 Å². The third kappa shape index (κ3) is 14.5. The number of allylic oxidation sites excluding steroid dienone is 2. The fourth-order valence-corrected chi connectivity index (χ4v) is 4.75. The van der Waals surface area contributed by atoms with Crippen LogP contribution in [0.2, 0.25) is 0 Å². The van der Waals surface area contributed by atoms with Gasteiger partial charge in [-0.1, -0.05) is 60.0 Å². The summed E-state index contributed by atoms with van der Waals surface area (Å²) in [4.78, 5) is 22.6. The molecule has 0 fully saturated rings. The van der Waals surface area contributed by atoms with Gasteiger partial charge in [0, 0.05) is 25.2 Å². The molecule has 0 aliphatic rings. The van der Waals surface area contributed by atoms with Crippen molar-refractivity contribution in [3.63, 3.8) is 0 Å². The second-order valence-electron chi connectivity index (χ2n) is 10.2. The summed E-state index contributed by atoms with van der Waals surface area (Å²) in [6, 6.07) is 22.5. The van der Waals surface area contributed by atoms with Crippen LogP contribution >= 0.6 is 0 Å². The molecule has 0 radical (unpaired) electrons. The van der Waals surface area contributed by atoms with Crippen molar-refractivity contribution in [3.8, 4) is 11.5 Å². The van der Waals surface area contributed by atoms with Crippen molar-refractivity contribution in [1.82, 2.24) is 0 Å². The first kappa shape index (κ1) is 47.0. The number of hydrogen-bond acceptors (Lipinski definition) is 16. The number of hydrogen-bond donors (Lipinski definition) is 4. The molecule has 0 saturated carbocycles. The number of Topliss-reactive ketones (excluding diaryl/α,β-unsaturated/α-hetero) is 2. The molecule has 54 heavy (non-hydrogen) atoms. The fraction of sp³-hybridized carbons (Fsp3) is 0.0625. The maximum Gasteiger partial charge on any atom is 3.00 e. The molecule has 18 nitrogen and oxygen atoms in total. The van der Waals surface area contributed by atoms with E-state index < -0.39 is 66.3 Å². The topological polar surface area (TPSA) is 320 Å². The van der Waals surface area contributed by atoms with Gasteiger partial charge < -0.3 is 31.1 Å². The molecule has 0 bridgehead atoms. The molecule has 0 amide bonds. The van der Waals surface area contributed by atoms with Crippen LogP contribution in [0.15, 0.2) is 150 Å². The standard InChI is InChI=1S/2C16H16N4O5S.Co.Na/c2*1-10(21)15(16(23)18-11-5-3-2-4-6-11)20-19-13-9-12(26(17,24)25)7-8-14(13)22;;/h2*2-9,18,22-23H,1H3,(H2,17,24,25);;/q;;+3;+1/p-4/b2*16-15-,20-19?;;. The summed E-state index contributed by atoms with van der Waals surface area (Å²) >= 11 is 0. The van der Waals surface area contributed by atoms with Crippen LogP contribution in [0, 0.1) is 0 Å². The number of nitrogens with zero attached hydrogens (tertiary/aromatic N) is 4. The fourth-order valence-electron chi connectivity index (χ4n) is 3.69. The van der Waals surface area contributed by atoms with Gasteiger partial charge in [-0.05, 0) is 60.3 Å². The van der Waals surface area contributed by atoms with Gasteiger partial charge in [0.05, 0.1) is 21.2 Å². The van der Waals surface area contributed by atoms with Crippen molar-refractivity contribution < 1.29 is 93.2 Å². The van der Waals surface area contributed by atoms with Gasteiger partial charge in [0.2, 0.25) is 20.0 Å². The maximum atomic E-state index is 12.2. The van der Waals surface area contributed by atoms with Crippen LogP contribution in [-0.2, 0) is 46.4 Å². The number of ketones is 2. The van der Waals surface area contributed by atoms with E-state index in [1.54, 1.807) is 60.7 Å². The van der Waals surface area contributed by atoms with Gasteiger partial charge in [0.25, 0.3) is 0 Å². The van der Waals surface area contributed by atoms with Gasteiger partial charge in [0.15, 0.2) is 11.6 Å². The van der Waals surface area contributed by atoms with Gasteiger partial charge in [-0.15, -0.1) is 10.2 Å². The Morgan fingerprint density at radius 1 is 0.593 bits per heavy atom. The Balaban J connectivity index is 0.000000521. The Hall–Kier alpha value is -4.97. The van der Waals surface area contributed by atoms with E-state index in [2.05, 4.69) is 31.1 Å². The normalized spacial score (nSPS) is 12.2. The van der Waals surface area contributed by atoms with Gasteiger partial charge in [0.1, 0.15) is 11.4 Å². The number of para-hydroxylation sites is 2. The van der Waals surface area contributed by atoms with E-state index in [4.69, 9.17) is 10.3 Å². The molecule has 6 N–H and O–H groups in total. The number of benzene rings is 4. The Bertz CT molecular complexity index is 2150. The van der Waals surface area contributed by atoms with Crippen LogP contribution in [0.25, 0.3) is 0 Å². The molecule has 278 valence electrons. The van der Waals surface area contributed by atoms with Crippen molar-refractivity contribution in [3.05, 3.63) is 120 Å². The van der Waals surface area contributed by atoms with E-state index in [9.17, 15) is 46.9 Å². The smallest absolute Gasteiger partial charge is 0.871 e. The number of nitrogens with one attached hydrogen (secondary N) is 2. The molecule has 4 aromatic rings. The van der Waals surface area contributed by atoms with Crippen LogP contribution < -0.4 is 70.9 Å². The Labute approximate surface area is 342 Å². The van der Waals surface area contributed by atoms with Crippen molar-refractivity contribution in [2.45, 2.75) is 23.6 Å². The molecule has 0 aliphatic heterocycles. The first-order chi connectivity index (χ1) is 24.4. The third-order valence-electron chi connectivity index (χ3n) is 6.19. The van der Waals surface area contributed by atoms with E-state index in [0.29, 0.717) is 11.4 Å². The summed E-state index contributed by atoms with van der Waals surface area (Å²) in [5.74, 6) is -4.29. The predicted octanol–water partition coefficient (Wildman–Crippen LogP) is -1.55. The number of primary sulfonamides is 2. The van der Waals surface area contributed by atoms with Gasteiger partial charge in [-0.25, -0.2) is 27.1 Å². The van der Waals surface area contributed by atoms with E-state index in [1.807, 2.05) is 0 Å². The monoisotopic (exact) mass is 830 g/mol. The first-order valence-electron chi connectivity index (χ1n) is 14.4. The number of carbonyl (C=O) groups excluding carboxylic acids is 2. The van der Waals surface area contributed by atoms with Crippen molar-refractivity contribution in [2.24, 2.45) is 30.7 Å². The zero-order valence-electron chi connectivity index (χ0n) is 28.4. The number of anilines is 2. The zero-order chi connectivity index (χ0) is 38.6. The molecule has 0 aromatic heterocycles. The van der Waals surface area contributed by atoms with Gasteiger partial charge in [-0.2, -0.15) is 10.2 Å². The summed E-state index contributed by atoms with van der Waals surface area (Å²) in [5, 5.41) is 76.9.